The summed E-state index contributed by atoms with van der Waals surface area (Å²) < 4.78 is 0. The van der Waals surface area contributed by atoms with E-state index in [-0.39, 0.29) is 12.4 Å². The van der Waals surface area contributed by atoms with E-state index in [0.717, 1.165) is 0 Å². The van der Waals surface area contributed by atoms with Crippen molar-refractivity contribution in [2.75, 3.05) is 0 Å². The fourth-order valence-electron chi connectivity index (χ4n) is 1.50. The number of aryl methyl sites for hydroxylation is 1. The summed E-state index contributed by atoms with van der Waals surface area (Å²) in [5, 5.41) is 3.28. The van der Waals surface area contributed by atoms with Crippen LogP contribution in [0.5, 0.6) is 0 Å². The first-order valence-corrected chi connectivity index (χ1v) is 6.50. The van der Waals surface area contributed by atoms with Crippen molar-refractivity contribution >= 4 is 0 Å². The minimum atomic E-state index is -0.0174. The number of benzene rings is 1. The molecule has 1 fully saturated rings. The van der Waals surface area contributed by atoms with Crippen LogP contribution in [0.25, 0.3) is 0 Å². The second kappa shape index (κ2) is 9.16. The molecule has 2 N–H and O–H groups in total. The first-order valence-electron chi connectivity index (χ1n) is 6.50. The van der Waals surface area contributed by atoms with Crippen LogP contribution in [0.1, 0.15) is 52.0 Å². The average Bonchev–Trinajstić information content (AvgIpc) is 2.81. The van der Waals surface area contributed by atoms with E-state index in [1.807, 2.05) is 46.8 Å². The van der Waals surface area contributed by atoms with Crippen molar-refractivity contribution in [3.05, 3.63) is 35.4 Å². The highest BCUT2D eigenvalue weighted by Crippen LogP contribution is 2.20. The summed E-state index contributed by atoms with van der Waals surface area (Å²) in [5.74, 6) is 0. The van der Waals surface area contributed by atoms with Crippen LogP contribution >= 0.6 is 0 Å². The summed E-state index contributed by atoms with van der Waals surface area (Å²) in [6.07, 6.45) is 0.195. The standard InChI is InChI=1S/C10H14N2O.2C2H6/c1-7-5-3-4-6-9(7)10-11-8(2)12-13-10;2*1-2/h3-6,8,10-12H,1-2H3;2*1-2H3. The fourth-order valence-corrected chi connectivity index (χ4v) is 1.50. The van der Waals surface area contributed by atoms with Crippen LogP contribution in [0.15, 0.2) is 24.3 Å². The Hall–Kier alpha value is -0.900. The second-order valence-electron chi connectivity index (χ2n) is 3.36. The van der Waals surface area contributed by atoms with Gasteiger partial charge in [-0.25, -0.2) is 0 Å². The lowest BCUT2D eigenvalue weighted by Crippen LogP contribution is -2.27. The van der Waals surface area contributed by atoms with Crippen molar-refractivity contribution in [1.82, 2.24) is 10.8 Å². The largest absolute Gasteiger partial charge is 0.276 e. The topological polar surface area (TPSA) is 33.3 Å². The lowest BCUT2D eigenvalue weighted by atomic mass is 10.1. The first kappa shape index (κ1) is 16.1. The van der Waals surface area contributed by atoms with Crippen LogP contribution in [0, 0.1) is 6.92 Å². The molecule has 2 rings (SSSR count). The monoisotopic (exact) mass is 238 g/mol. The average molecular weight is 238 g/mol. The van der Waals surface area contributed by atoms with Crippen molar-refractivity contribution in [3.63, 3.8) is 0 Å². The summed E-state index contributed by atoms with van der Waals surface area (Å²) in [4.78, 5) is 5.37. The normalized spacial score (nSPS) is 22.0. The van der Waals surface area contributed by atoms with Gasteiger partial charge in [0, 0.05) is 5.56 Å². The van der Waals surface area contributed by atoms with Gasteiger partial charge in [0.2, 0.25) is 0 Å². The van der Waals surface area contributed by atoms with E-state index in [1.165, 1.54) is 11.1 Å². The molecule has 1 saturated heterocycles. The van der Waals surface area contributed by atoms with Gasteiger partial charge in [0.05, 0.1) is 6.17 Å². The maximum absolute atomic E-state index is 5.37. The third-order valence-corrected chi connectivity index (χ3v) is 2.23. The Morgan fingerprint density at radius 1 is 1.06 bits per heavy atom. The number of hydrogen-bond acceptors (Lipinski definition) is 3. The summed E-state index contributed by atoms with van der Waals surface area (Å²) in [6, 6.07) is 8.22. The molecule has 3 nitrogen and oxygen atoms in total. The summed E-state index contributed by atoms with van der Waals surface area (Å²) >= 11 is 0. The number of nitrogens with one attached hydrogen (secondary N) is 2. The Balaban J connectivity index is 0.000000581. The van der Waals surface area contributed by atoms with Crippen LogP contribution in [-0.4, -0.2) is 6.17 Å². The summed E-state index contributed by atoms with van der Waals surface area (Å²) in [7, 11) is 0. The Labute approximate surface area is 106 Å². The van der Waals surface area contributed by atoms with Crippen LogP contribution in [-0.2, 0) is 4.84 Å². The molecular weight excluding hydrogens is 212 g/mol. The Kier molecular flexibility index (Phi) is 8.68. The van der Waals surface area contributed by atoms with Gasteiger partial charge in [-0.3, -0.25) is 10.2 Å². The Bertz CT molecular complexity index is 302. The van der Waals surface area contributed by atoms with Gasteiger partial charge < -0.3 is 0 Å². The van der Waals surface area contributed by atoms with Gasteiger partial charge in [0.15, 0.2) is 6.23 Å². The molecule has 1 aromatic carbocycles. The van der Waals surface area contributed by atoms with E-state index in [4.69, 9.17) is 4.84 Å². The van der Waals surface area contributed by atoms with Crippen LogP contribution in [0.4, 0.5) is 0 Å². The van der Waals surface area contributed by atoms with E-state index in [9.17, 15) is 0 Å². The van der Waals surface area contributed by atoms with Gasteiger partial charge >= 0.3 is 0 Å². The number of hydroxylamine groups is 1. The molecule has 0 aliphatic carbocycles. The maximum atomic E-state index is 5.37. The molecule has 1 aliphatic heterocycles. The molecule has 2 unspecified atom stereocenters. The van der Waals surface area contributed by atoms with Gasteiger partial charge in [-0.2, -0.15) is 5.48 Å². The molecule has 1 aromatic rings. The molecule has 1 heterocycles. The van der Waals surface area contributed by atoms with Crippen molar-refractivity contribution in [2.45, 2.75) is 53.9 Å². The molecule has 2 atom stereocenters. The van der Waals surface area contributed by atoms with E-state index in [1.54, 1.807) is 0 Å². The van der Waals surface area contributed by atoms with Crippen LogP contribution < -0.4 is 10.8 Å². The molecule has 98 valence electrons. The fraction of sp³-hybridized carbons (Fsp3) is 0.571. The molecule has 0 saturated carbocycles. The van der Waals surface area contributed by atoms with E-state index in [0.29, 0.717) is 0 Å². The number of hydrogen-bond donors (Lipinski definition) is 2. The molecule has 0 amide bonds. The first-order chi connectivity index (χ1) is 8.27. The predicted octanol–water partition coefficient (Wildman–Crippen LogP) is 3.52. The van der Waals surface area contributed by atoms with Gasteiger partial charge in [-0.1, -0.05) is 52.0 Å². The van der Waals surface area contributed by atoms with Crippen molar-refractivity contribution in [1.29, 1.82) is 0 Å². The highest BCUT2D eigenvalue weighted by molar-refractivity contribution is 5.27. The van der Waals surface area contributed by atoms with Crippen molar-refractivity contribution in [2.24, 2.45) is 0 Å². The smallest absolute Gasteiger partial charge is 0.156 e. The summed E-state index contributed by atoms with van der Waals surface area (Å²) in [5.41, 5.74) is 5.32. The van der Waals surface area contributed by atoms with Crippen LogP contribution in [0.3, 0.4) is 0 Å². The van der Waals surface area contributed by atoms with E-state index < -0.39 is 0 Å². The third-order valence-electron chi connectivity index (χ3n) is 2.23. The van der Waals surface area contributed by atoms with Gasteiger partial charge in [0.1, 0.15) is 0 Å². The quantitative estimate of drug-likeness (QED) is 0.785. The highest BCUT2D eigenvalue weighted by Gasteiger charge is 2.22. The van der Waals surface area contributed by atoms with Crippen molar-refractivity contribution < 1.29 is 4.84 Å². The second-order valence-corrected chi connectivity index (χ2v) is 3.36. The molecule has 0 spiro atoms. The predicted molar refractivity (Wildman–Crippen MR) is 73.4 cm³/mol. The molecule has 0 bridgehead atoms. The Morgan fingerprint density at radius 2 is 1.65 bits per heavy atom. The molecule has 0 aromatic heterocycles. The molecule has 1 aliphatic rings. The number of rotatable bonds is 1. The van der Waals surface area contributed by atoms with E-state index >= 15 is 0 Å². The van der Waals surface area contributed by atoms with Crippen LogP contribution in [0.2, 0.25) is 0 Å². The van der Waals surface area contributed by atoms with Gasteiger partial charge in [0.25, 0.3) is 0 Å². The SMILES string of the molecule is CC.CC.Cc1ccccc1C1NC(C)NO1. The molecule has 3 heteroatoms. The third kappa shape index (κ3) is 4.86. The lowest BCUT2D eigenvalue weighted by molar-refractivity contribution is 0.0223. The van der Waals surface area contributed by atoms with Gasteiger partial charge in [-0.15, -0.1) is 0 Å². The lowest BCUT2D eigenvalue weighted by Gasteiger charge is -2.11. The molecule has 0 radical (unpaired) electrons. The summed E-state index contributed by atoms with van der Waals surface area (Å²) in [6.45, 7) is 12.1. The molecule has 17 heavy (non-hydrogen) atoms. The minimum Gasteiger partial charge on any atom is -0.276 e. The van der Waals surface area contributed by atoms with Gasteiger partial charge in [-0.05, 0) is 19.4 Å². The highest BCUT2D eigenvalue weighted by atomic mass is 16.7. The van der Waals surface area contributed by atoms with E-state index in [2.05, 4.69) is 29.9 Å². The maximum Gasteiger partial charge on any atom is 0.156 e. The Morgan fingerprint density at radius 3 is 2.12 bits per heavy atom. The molecular formula is C14H26N2O. The zero-order valence-corrected chi connectivity index (χ0v) is 11.9. The zero-order valence-electron chi connectivity index (χ0n) is 11.9. The van der Waals surface area contributed by atoms with Crippen molar-refractivity contribution in [3.8, 4) is 0 Å². The zero-order chi connectivity index (χ0) is 13.3. The minimum absolute atomic E-state index is 0.0174.